The highest BCUT2D eigenvalue weighted by molar-refractivity contribution is 5.99. The Hall–Kier alpha value is -5.57. The maximum atomic E-state index is 15.1. The van der Waals surface area contributed by atoms with Crippen LogP contribution in [0.25, 0.3) is 0 Å². The van der Waals surface area contributed by atoms with E-state index in [2.05, 4.69) is 10.6 Å². The first-order valence-corrected chi connectivity index (χ1v) is 31.5. The second-order valence-corrected chi connectivity index (χ2v) is 27.2. The van der Waals surface area contributed by atoms with Crippen molar-refractivity contribution in [1.29, 1.82) is 0 Å². The van der Waals surface area contributed by atoms with Crippen molar-refractivity contribution in [2.24, 2.45) is 53.3 Å². The van der Waals surface area contributed by atoms with Crippen molar-refractivity contribution in [2.45, 2.75) is 224 Å². The number of carbonyl (C=O) groups is 11. The number of nitrogens with zero attached hydrogens (tertiary/aromatic N) is 7. The van der Waals surface area contributed by atoms with E-state index in [0.29, 0.717) is 6.42 Å². The Morgan fingerprint density at radius 2 is 0.953 bits per heavy atom. The van der Waals surface area contributed by atoms with Crippen LogP contribution in [0, 0.1) is 53.3 Å². The molecule has 1 rings (SSSR count). The van der Waals surface area contributed by atoms with E-state index < -0.39 is 138 Å². The molecule has 0 aliphatic carbocycles. The van der Waals surface area contributed by atoms with Gasteiger partial charge in [-0.05, 0) is 101 Å². The van der Waals surface area contributed by atoms with E-state index >= 15 is 9.59 Å². The molecule has 21 heteroatoms. The molecule has 21 nitrogen and oxygen atoms in total. The molecular formula is C65H115N9O12. The Morgan fingerprint density at radius 1 is 0.500 bits per heavy atom. The van der Waals surface area contributed by atoms with E-state index in [1.807, 2.05) is 68.4 Å². The van der Waals surface area contributed by atoms with Gasteiger partial charge in [0.1, 0.15) is 24.2 Å². The molecule has 3 N–H and O–H groups in total. The largest absolute Gasteiger partial charge is 0.390 e. The summed E-state index contributed by atoms with van der Waals surface area (Å²) in [4.78, 5) is 169. The number of hydrogen-bond donors (Lipinski definition) is 3. The first-order chi connectivity index (χ1) is 39.7. The topological polar surface area (TPSA) is 255 Å². The molecule has 8 amide bonds. The van der Waals surface area contributed by atoms with Gasteiger partial charge in [0.15, 0.2) is 17.3 Å². The molecule has 0 radical (unpaired) electrons. The maximum Gasteiger partial charge on any atom is 0.246 e. The zero-order valence-electron chi connectivity index (χ0n) is 57.2. The van der Waals surface area contributed by atoms with Gasteiger partial charge in [-0.2, -0.15) is 0 Å². The highest BCUT2D eigenvalue weighted by Crippen LogP contribution is 2.28. The number of carbonyl (C=O) groups excluding carboxylic acids is 11. The minimum atomic E-state index is -1.58. The third-order valence-corrected chi connectivity index (χ3v) is 16.9. The van der Waals surface area contributed by atoms with Gasteiger partial charge in [0.2, 0.25) is 47.3 Å². The Balaban J connectivity index is 4.27. The number of likely N-dealkylation sites (N-methyl/N-ethyl adjacent to an activating group) is 7. The smallest absolute Gasteiger partial charge is 0.246 e. The van der Waals surface area contributed by atoms with Crippen molar-refractivity contribution in [3.8, 4) is 0 Å². The van der Waals surface area contributed by atoms with Crippen LogP contribution >= 0.6 is 0 Å². The number of amides is 8. The van der Waals surface area contributed by atoms with E-state index in [0.717, 1.165) is 9.80 Å². The molecule has 0 spiro atoms. The highest BCUT2D eigenvalue weighted by atomic mass is 16.3. The predicted molar refractivity (Wildman–Crippen MR) is 336 cm³/mol. The molecule has 1 aliphatic rings. The molecule has 1 heterocycles. The van der Waals surface area contributed by atoms with Crippen LogP contribution in [0.5, 0.6) is 0 Å². The molecule has 1 aliphatic heterocycles. The number of rotatable bonds is 15. The first kappa shape index (κ1) is 78.4. The molecule has 0 bridgehead atoms. The van der Waals surface area contributed by atoms with E-state index in [4.69, 9.17) is 0 Å². The number of aliphatic hydroxyl groups excluding tert-OH is 1. The summed E-state index contributed by atoms with van der Waals surface area (Å²) in [5.74, 6) is -9.68. The second-order valence-electron chi connectivity index (χ2n) is 27.2. The molecule has 0 aromatic heterocycles. The molecular weight excluding hydrogens is 1100 g/mol. The number of Topliss-reactive ketones (excluding diaryl/α,β-unsaturated/α-hetero) is 3. The fraction of sp³-hybridized carbons (Fsp3) is 0.800. The second kappa shape index (κ2) is 36.0. The van der Waals surface area contributed by atoms with Gasteiger partial charge < -0.3 is 45.1 Å². The zero-order chi connectivity index (χ0) is 66.7. The van der Waals surface area contributed by atoms with Crippen LogP contribution in [0.15, 0.2) is 12.2 Å². The fourth-order valence-electron chi connectivity index (χ4n) is 11.4. The third-order valence-electron chi connectivity index (χ3n) is 16.9. The van der Waals surface area contributed by atoms with Crippen molar-refractivity contribution in [3.63, 3.8) is 0 Å². The number of aliphatic hydroxyl groups is 1. The van der Waals surface area contributed by atoms with Crippen LogP contribution in [0.1, 0.15) is 169 Å². The third kappa shape index (κ3) is 22.5. The van der Waals surface area contributed by atoms with Crippen molar-refractivity contribution in [1.82, 2.24) is 44.9 Å². The summed E-state index contributed by atoms with van der Waals surface area (Å²) in [7, 11) is 10.4. The lowest BCUT2D eigenvalue weighted by Crippen LogP contribution is -2.63. The predicted octanol–water partition coefficient (Wildman–Crippen LogP) is 5.49. The zero-order valence-corrected chi connectivity index (χ0v) is 57.2. The average Bonchev–Trinajstić information content (AvgIpc) is 2.09. The quantitative estimate of drug-likeness (QED) is 0.172. The minimum absolute atomic E-state index is 0.0438. The van der Waals surface area contributed by atoms with Crippen LogP contribution in [0.4, 0.5) is 0 Å². The normalized spacial score (nSPS) is 27.3. The van der Waals surface area contributed by atoms with E-state index in [9.17, 15) is 48.3 Å². The maximum absolute atomic E-state index is 15.1. The lowest BCUT2D eigenvalue weighted by atomic mass is 9.84. The summed E-state index contributed by atoms with van der Waals surface area (Å²) in [6.45, 7) is 29.9. The van der Waals surface area contributed by atoms with E-state index in [1.54, 1.807) is 66.5 Å². The molecule has 0 saturated carbocycles. The monoisotopic (exact) mass is 1210 g/mol. The van der Waals surface area contributed by atoms with Crippen LogP contribution < -0.4 is 10.6 Å². The summed E-state index contributed by atoms with van der Waals surface area (Å²) in [5.41, 5.74) is 0. The van der Waals surface area contributed by atoms with Crippen LogP contribution in [-0.4, -0.2) is 221 Å². The van der Waals surface area contributed by atoms with Gasteiger partial charge in [-0.1, -0.05) is 116 Å². The van der Waals surface area contributed by atoms with Crippen molar-refractivity contribution < 1.29 is 57.8 Å². The number of ketones is 3. The summed E-state index contributed by atoms with van der Waals surface area (Å²) in [5, 5.41) is 17.6. The van der Waals surface area contributed by atoms with Crippen molar-refractivity contribution >= 4 is 64.6 Å². The minimum Gasteiger partial charge on any atom is -0.390 e. The van der Waals surface area contributed by atoms with Crippen molar-refractivity contribution in [2.75, 3.05) is 62.4 Å². The standard InChI is InChI=1S/C65H115N9O12/c1-25-27-28-43(15)58(79)57-60(81)67-47(26-2)63(84)69(19)36-55(78)70(20)48(29-37(3)4)53(76)34-46(41(11)12)62(83)72(22)49(30-38(5)6)52(75)33-44(16)59(80)66-45(17)61(82)71(21)50(31-39(7)8)54(77)35-68(18)51(32-40(9)10)64(85)73(23)56(42(13)14)65(86)74(57)24/h25,27,37-51,56-58,79H,26,28-36H2,1-24H3,(H,66,80)(H,67,81)/b27-25+/t43-,44-,45-,46?,47+,48+,49+,50+,51+,56+,57?,58-/m1/s1. The van der Waals surface area contributed by atoms with Gasteiger partial charge in [-0.3, -0.25) is 57.6 Å². The van der Waals surface area contributed by atoms with Gasteiger partial charge in [0.05, 0.1) is 43.4 Å². The molecule has 0 aromatic rings. The van der Waals surface area contributed by atoms with Crippen LogP contribution in [0.3, 0.4) is 0 Å². The molecule has 12 atom stereocenters. The van der Waals surface area contributed by atoms with E-state index in [1.165, 1.54) is 68.8 Å². The van der Waals surface area contributed by atoms with E-state index in [-0.39, 0.29) is 92.6 Å². The average molecular weight is 1210 g/mol. The van der Waals surface area contributed by atoms with Gasteiger partial charge in [0, 0.05) is 67.0 Å². The Bertz CT molecular complexity index is 2340. The molecule has 492 valence electrons. The summed E-state index contributed by atoms with van der Waals surface area (Å²) in [6, 6.07) is -9.06. The number of allylic oxidation sites excluding steroid dienone is 2. The van der Waals surface area contributed by atoms with Crippen molar-refractivity contribution in [3.05, 3.63) is 12.2 Å². The molecule has 0 aromatic carbocycles. The van der Waals surface area contributed by atoms with Crippen LogP contribution in [0.2, 0.25) is 0 Å². The highest BCUT2D eigenvalue weighted by Gasteiger charge is 2.45. The van der Waals surface area contributed by atoms with Gasteiger partial charge in [0.25, 0.3) is 0 Å². The Kier molecular flexibility index (Phi) is 32.9. The molecule has 2 unspecified atom stereocenters. The SMILES string of the molecule is C/C=C/C[C@@H](C)[C@@H](O)C1C(=O)N[C@@H](CC)C(=O)N(C)CC(=O)N(C)[C@@H](CC(C)C)C(=O)CC(C(C)C)C(=O)N(C)[C@@H](CC(C)C)C(=O)C[C@@H](C)C(=O)N[C@H](C)C(=O)N(C)[C@@H](CC(C)C)C(=O)CN(C)[C@@H](CC(C)C)C(=O)N(C)[C@@H](C(C)C)C(=O)N1C. The Labute approximate surface area is 516 Å². The molecule has 1 saturated heterocycles. The summed E-state index contributed by atoms with van der Waals surface area (Å²) in [6.07, 6.45) is 2.98. The van der Waals surface area contributed by atoms with Gasteiger partial charge in [-0.15, -0.1) is 0 Å². The number of nitrogens with one attached hydrogen (secondary N) is 2. The summed E-state index contributed by atoms with van der Waals surface area (Å²) >= 11 is 0. The van der Waals surface area contributed by atoms with Crippen LogP contribution in [-0.2, 0) is 52.7 Å². The molecule has 86 heavy (non-hydrogen) atoms. The molecule has 1 fully saturated rings. The lowest BCUT2D eigenvalue weighted by molar-refractivity contribution is -0.155. The van der Waals surface area contributed by atoms with Gasteiger partial charge >= 0.3 is 0 Å². The number of hydrogen-bond acceptors (Lipinski definition) is 13. The summed E-state index contributed by atoms with van der Waals surface area (Å²) < 4.78 is 0. The fourth-order valence-corrected chi connectivity index (χ4v) is 11.4. The Morgan fingerprint density at radius 3 is 1.42 bits per heavy atom. The first-order valence-electron chi connectivity index (χ1n) is 31.5. The van der Waals surface area contributed by atoms with Gasteiger partial charge in [-0.25, -0.2) is 0 Å². The lowest BCUT2D eigenvalue weighted by Gasteiger charge is -2.41.